The van der Waals surface area contributed by atoms with Crippen LogP contribution in [0.25, 0.3) is 0 Å². The second kappa shape index (κ2) is 9.62. The van der Waals surface area contributed by atoms with Crippen LogP contribution in [-0.4, -0.2) is 56.1 Å². The van der Waals surface area contributed by atoms with Crippen molar-refractivity contribution >= 4 is 17.5 Å². The van der Waals surface area contributed by atoms with Crippen molar-refractivity contribution in [1.29, 1.82) is 0 Å². The lowest BCUT2D eigenvalue weighted by molar-refractivity contribution is -0.127. The first-order valence-corrected chi connectivity index (χ1v) is 11.0. The van der Waals surface area contributed by atoms with Crippen LogP contribution >= 0.6 is 0 Å². The van der Waals surface area contributed by atoms with E-state index in [1.165, 1.54) is 5.56 Å². The summed E-state index contributed by atoms with van der Waals surface area (Å²) in [4.78, 5) is 29.8. The van der Waals surface area contributed by atoms with Gasteiger partial charge in [0, 0.05) is 38.3 Å². The van der Waals surface area contributed by atoms with Crippen molar-refractivity contribution < 1.29 is 14.3 Å². The topological polar surface area (TPSA) is 61.9 Å². The molecule has 0 bridgehead atoms. The van der Waals surface area contributed by atoms with Gasteiger partial charge in [-0.15, -0.1) is 0 Å². The molecule has 164 valence electrons. The minimum Gasteiger partial charge on any atom is -0.379 e. The van der Waals surface area contributed by atoms with Gasteiger partial charge in [0.2, 0.25) is 11.8 Å². The molecule has 0 spiro atoms. The van der Waals surface area contributed by atoms with Gasteiger partial charge in [-0.3, -0.25) is 14.5 Å². The normalized spacial score (nSPS) is 20.6. The van der Waals surface area contributed by atoms with Gasteiger partial charge in [0.1, 0.15) is 0 Å². The van der Waals surface area contributed by atoms with E-state index in [1.54, 1.807) is 4.90 Å². The van der Waals surface area contributed by atoms with Gasteiger partial charge >= 0.3 is 0 Å². The molecule has 2 atom stereocenters. The van der Waals surface area contributed by atoms with Gasteiger partial charge < -0.3 is 15.0 Å². The van der Waals surface area contributed by atoms with Gasteiger partial charge in [-0.1, -0.05) is 47.5 Å². The third-order valence-corrected chi connectivity index (χ3v) is 6.18. The maximum Gasteiger partial charge on any atom is 0.227 e. The van der Waals surface area contributed by atoms with E-state index in [9.17, 15) is 9.59 Å². The second-order valence-electron chi connectivity index (χ2n) is 8.63. The van der Waals surface area contributed by atoms with E-state index in [-0.39, 0.29) is 30.2 Å². The first kappa shape index (κ1) is 21.5. The zero-order valence-corrected chi connectivity index (χ0v) is 18.3. The third kappa shape index (κ3) is 5.32. The highest BCUT2D eigenvalue weighted by Crippen LogP contribution is 2.26. The van der Waals surface area contributed by atoms with Crippen LogP contribution in [0.5, 0.6) is 0 Å². The molecular formula is C25H31N3O3. The Hall–Kier alpha value is -2.70. The number of nitrogens with zero attached hydrogens (tertiary/aromatic N) is 2. The molecule has 2 saturated heterocycles. The van der Waals surface area contributed by atoms with Crippen LogP contribution in [0.15, 0.2) is 48.5 Å². The predicted octanol–water partition coefficient (Wildman–Crippen LogP) is 2.85. The van der Waals surface area contributed by atoms with Crippen LogP contribution in [0.3, 0.4) is 0 Å². The van der Waals surface area contributed by atoms with Crippen LogP contribution < -0.4 is 10.2 Å². The molecule has 0 aromatic heterocycles. The zero-order chi connectivity index (χ0) is 21.8. The number of carbonyl (C=O) groups excluding carboxylic acids is 2. The van der Waals surface area contributed by atoms with E-state index in [1.807, 2.05) is 31.2 Å². The van der Waals surface area contributed by atoms with E-state index in [2.05, 4.69) is 41.4 Å². The number of morpholine rings is 1. The van der Waals surface area contributed by atoms with E-state index < -0.39 is 0 Å². The number of hydrogen-bond acceptors (Lipinski definition) is 4. The van der Waals surface area contributed by atoms with Crippen molar-refractivity contribution in [2.45, 2.75) is 26.3 Å². The number of rotatable bonds is 6. The minimum absolute atomic E-state index is 0.00377. The fraction of sp³-hybridized carbons (Fsp3) is 0.440. The van der Waals surface area contributed by atoms with E-state index in [0.717, 1.165) is 49.7 Å². The van der Waals surface area contributed by atoms with Gasteiger partial charge in [0.25, 0.3) is 0 Å². The molecule has 31 heavy (non-hydrogen) atoms. The Balaban J connectivity index is 1.45. The Bertz CT molecular complexity index is 905. The Morgan fingerprint density at radius 3 is 2.29 bits per heavy atom. The Morgan fingerprint density at radius 2 is 1.65 bits per heavy atom. The molecule has 4 rings (SSSR count). The highest BCUT2D eigenvalue weighted by Gasteiger charge is 2.36. The number of aryl methyl sites for hydroxylation is 2. The summed E-state index contributed by atoms with van der Waals surface area (Å²) in [5.74, 6) is -0.391. The van der Waals surface area contributed by atoms with Crippen molar-refractivity contribution in [2.24, 2.45) is 5.92 Å². The molecule has 0 unspecified atom stereocenters. The molecule has 2 heterocycles. The van der Waals surface area contributed by atoms with Crippen LogP contribution in [0.4, 0.5) is 5.69 Å². The van der Waals surface area contributed by atoms with Crippen LogP contribution in [0, 0.1) is 19.8 Å². The standard InChI is InChI=1S/C25H31N3O3/c1-18-3-7-20(8-4-18)23(17-27-11-13-31-14-12-27)26-25(30)21-15-24(29)28(16-21)22-9-5-19(2)6-10-22/h3-10,21,23H,11-17H2,1-2H3,(H,26,30)/t21-,23+/m0/s1. The zero-order valence-electron chi connectivity index (χ0n) is 18.3. The summed E-state index contributed by atoms with van der Waals surface area (Å²) in [5.41, 5.74) is 4.28. The molecule has 1 N–H and O–H groups in total. The molecular weight excluding hydrogens is 390 g/mol. The van der Waals surface area contributed by atoms with E-state index >= 15 is 0 Å². The van der Waals surface area contributed by atoms with E-state index in [0.29, 0.717) is 6.54 Å². The molecule has 2 amide bonds. The lowest BCUT2D eigenvalue weighted by Crippen LogP contribution is -2.44. The molecule has 2 aliphatic heterocycles. The second-order valence-corrected chi connectivity index (χ2v) is 8.63. The fourth-order valence-electron chi connectivity index (χ4n) is 4.22. The average molecular weight is 422 g/mol. The molecule has 6 nitrogen and oxygen atoms in total. The summed E-state index contributed by atoms with van der Waals surface area (Å²) < 4.78 is 5.47. The third-order valence-electron chi connectivity index (χ3n) is 6.18. The van der Waals surface area contributed by atoms with Crippen molar-refractivity contribution in [3.05, 3.63) is 65.2 Å². The summed E-state index contributed by atoms with van der Waals surface area (Å²) in [7, 11) is 0. The lowest BCUT2D eigenvalue weighted by atomic mass is 10.0. The molecule has 2 aromatic rings. The number of nitrogens with one attached hydrogen (secondary N) is 1. The highest BCUT2D eigenvalue weighted by atomic mass is 16.5. The average Bonchev–Trinajstić information content (AvgIpc) is 3.17. The number of ether oxygens (including phenoxy) is 1. The Kier molecular flexibility index (Phi) is 6.68. The molecule has 6 heteroatoms. The smallest absolute Gasteiger partial charge is 0.227 e. The van der Waals surface area contributed by atoms with Crippen LogP contribution in [-0.2, 0) is 14.3 Å². The summed E-state index contributed by atoms with van der Waals surface area (Å²) >= 11 is 0. The fourth-order valence-corrected chi connectivity index (χ4v) is 4.22. The van der Waals surface area contributed by atoms with Crippen LogP contribution in [0.1, 0.15) is 29.2 Å². The number of carbonyl (C=O) groups is 2. The maximum absolute atomic E-state index is 13.2. The Labute approximate surface area is 184 Å². The molecule has 0 aliphatic carbocycles. The quantitative estimate of drug-likeness (QED) is 0.779. The molecule has 0 saturated carbocycles. The lowest BCUT2D eigenvalue weighted by Gasteiger charge is -2.31. The molecule has 2 fully saturated rings. The van der Waals surface area contributed by atoms with Crippen molar-refractivity contribution in [3.63, 3.8) is 0 Å². The van der Waals surface area contributed by atoms with Gasteiger partial charge in [0.15, 0.2) is 0 Å². The highest BCUT2D eigenvalue weighted by molar-refractivity contribution is 6.00. The van der Waals surface area contributed by atoms with Crippen molar-refractivity contribution in [3.8, 4) is 0 Å². The van der Waals surface area contributed by atoms with Gasteiger partial charge in [-0.25, -0.2) is 0 Å². The molecule has 2 aromatic carbocycles. The minimum atomic E-state index is -0.341. The van der Waals surface area contributed by atoms with Crippen molar-refractivity contribution in [2.75, 3.05) is 44.3 Å². The summed E-state index contributed by atoms with van der Waals surface area (Å²) in [6, 6.07) is 16.1. The number of amides is 2. The first-order chi connectivity index (χ1) is 15.0. The SMILES string of the molecule is Cc1ccc([C@@H](CN2CCOCC2)NC(=O)[C@H]2CC(=O)N(c3ccc(C)cc3)C2)cc1. The first-order valence-electron chi connectivity index (χ1n) is 11.0. The monoisotopic (exact) mass is 421 g/mol. The summed E-state index contributed by atoms with van der Waals surface area (Å²) in [6.45, 7) is 8.40. The Morgan fingerprint density at radius 1 is 1.03 bits per heavy atom. The summed E-state index contributed by atoms with van der Waals surface area (Å²) in [6.07, 6.45) is 0.248. The number of benzene rings is 2. The molecule has 2 aliphatic rings. The van der Waals surface area contributed by atoms with Crippen LogP contribution in [0.2, 0.25) is 0 Å². The van der Waals surface area contributed by atoms with Gasteiger partial charge in [-0.2, -0.15) is 0 Å². The summed E-state index contributed by atoms with van der Waals surface area (Å²) in [5, 5.41) is 3.24. The predicted molar refractivity (Wildman–Crippen MR) is 121 cm³/mol. The van der Waals surface area contributed by atoms with E-state index in [4.69, 9.17) is 4.74 Å². The maximum atomic E-state index is 13.2. The number of hydrogen-bond donors (Lipinski definition) is 1. The van der Waals surface area contributed by atoms with Crippen molar-refractivity contribution in [1.82, 2.24) is 10.2 Å². The largest absolute Gasteiger partial charge is 0.379 e. The van der Waals surface area contributed by atoms with Gasteiger partial charge in [-0.05, 0) is 31.5 Å². The number of anilines is 1. The van der Waals surface area contributed by atoms with Gasteiger partial charge in [0.05, 0.1) is 25.2 Å². The molecule has 0 radical (unpaired) electrons.